The predicted molar refractivity (Wildman–Crippen MR) is 73.9 cm³/mol. The van der Waals surface area contributed by atoms with Crippen molar-refractivity contribution >= 4 is 0 Å². The van der Waals surface area contributed by atoms with Gasteiger partial charge >= 0.3 is 0 Å². The molecule has 2 N–H and O–H groups in total. The number of aryl methyl sites for hydroxylation is 1. The summed E-state index contributed by atoms with van der Waals surface area (Å²) in [6, 6.07) is 4.05. The molecule has 0 saturated heterocycles. The molecule has 0 amide bonds. The quantitative estimate of drug-likeness (QED) is 0.768. The molecule has 0 aliphatic rings. The van der Waals surface area contributed by atoms with Crippen molar-refractivity contribution in [2.45, 2.75) is 32.4 Å². The Bertz CT molecular complexity index is 465. The van der Waals surface area contributed by atoms with Gasteiger partial charge in [0.25, 0.3) is 0 Å². The van der Waals surface area contributed by atoms with Crippen LogP contribution in [0, 0.1) is 0 Å². The lowest BCUT2D eigenvalue weighted by Crippen LogP contribution is -2.18. The summed E-state index contributed by atoms with van der Waals surface area (Å²) in [6.45, 7) is 3.56. The fourth-order valence-corrected chi connectivity index (χ4v) is 1.80. The number of ether oxygens (including phenoxy) is 1. The molecule has 2 aromatic rings. The molecule has 2 aromatic heterocycles. The molecule has 0 aliphatic heterocycles. The Labute approximate surface area is 113 Å². The fourth-order valence-electron chi connectivity index (χ4n) is 1.80. The van der Waals surface area contributed by atoms with E-state index >= 15 is 0 Å². The number of aromatic nitrogens is 3. The molecule has 1 atom stereocenters. The summed E-state index contributed by atoms with van der Waals surface area (Å²) in [6.07, 6.45) is 9.03. The Morgan fingerprint density at radius 3 is 2.95 bits per heavy atom. The molecule has 0 spiro atoms. The van der Waals surface area contributed by atoms with Crippen LogP contribution in [0.4, 0.5) is 0 Å². The van der Waals surface area contributed by atoms with E-state index < -0.39 is 0 Å². The van der Waals surface area contributed by atoms with E-state index in [4.69, 9.17) is 10.5 Å². The van der Waals surface area contributed by atoms with Crippen LogP contribution in [0.5, 0.6) is 5.75 Å². The van der Waals surface area contributed by atoms with Gasteiger partial charge in [-0.3, -0.25) is 4.98 Å². The molecule has 0 saturated carbocycles. The molecule has 0 aromatic carbocycles. The summed E-state index contributed by atoms with van der Waals surface area (Å²) in [5.41, 5.74) is 6.73. The summed E-state index contributed by atoms with van der Waals surface area (Å²) in [7, 11) is 0. The van der Waals surface area contributed by atoms with Crippen LogP contribution in [0.2, 0.25) is 0 Å². The van der Waals surface area contributed by atoms with Crippen LogP contribution in [0.25, 0.3) is 0 Å². The maximum atomic E-state index is 5.73. The van der Waals surface area contributed by atoms with Crippen LogP contribution in [-0.2, 0) is 13.0 Å². The number of hydrogen-bond donors (Lipinski definition) is 1. The molecule has 0 radical (unpaired) electrons. The summed E-state index contributed by atoms with van der Waals surface area (Å²) < 4.78 is 7.67. The molecule has 0 fully saturated rings. The first-order valence-electron chi connectivity index (χ1n) is 6.53. The third kappa shape index (κ3) is 4.71. The lowest BCUT2D eigenvalue weighted by molar-refractivity contribution is 0.300. The summed E-state index contributed by atoms with van der Waals surface area (Å²) >= 11 is 0. The molecule has 0 aliphatic carbocycles. The third-order valence-corrected chi connectivity index (χ3v) is 2.72. The summed E-state index contributed by atoms with van der Waals surface area (Å²) in [5.74, 6) is 0.805. The molecule has 1 unspecified atom stereocenters. The largest absolute Gasteiger partial charge is 0.492 e. The zero-order valence-corrected chi connectivity index (χ0v) is 11.2. The fraction of sp³-hybridized carbons (Fsp3) is 0.429. The maximum Gasteiger partial charge on any atom is 0.137 e. The van der Waals surface area contributed by atoms with Crippen molar-refractivity contribution in [2.75, 3.05) is 6.61 Å². The van der Waals surface area contributed by atoms with Gasteiger partial charge in [0.05, 0.1) is 19.1 Å². The zero-order chi connectivity index (χ0) is 13.5. The Hall–Kier alpha value is -1.88. The average molecular weight is 260 g/mol. The Kier molecular flexibility index (Phi) is 4.92. The highest BCUT2D eigenvalue weighted by atomic mass is 16.5. The van der Waals surface area contributed by atoms with Gasteiger partial charge in [-0.1, -0.05) is 0 Å². The van der Waals surface area contributed by atoms with Gasteiger partial charge in [0.15, 0.2) is 0 Å². The van der Waals surface area contributed by atoms with Crippen LogP contribution >= 0.6 is 0 Å². The van der Waals surface area contributed by atoms with E-state index in [-0.39, 0.29) is 6.04 Å². The molecule has 2 rings (SSSR count). The second-order valence-electron chi connectivity index (χ2n) is 4.67. The second kappa shape index (κ2) is 6.89. The third-order valence-electron chi connectivity index (χ3n) is 2.72. The van der Waals surface area contributed by atoms with E-state index in [1.807, 2.05) is 36.1 Å². The van der Waals surface area contributed by atoms with Crippen molar-refractivity contribution in [3.63, 3.8) is 0 Å². The lowest BCUT2D eigenvalue weighted by atomic mass is 10.2. The smallest absolute Gasteiger partial charge is 0.137 e. The van der Waals surface area contributed by atoms with Crippen LogP contribution in [0.15, 0.2) is 37.1 Å². The highest BCUT2D eigenvalue weighted by molar-refractivity contribution is 5.20. The maximum absolute atomic E-state index is 5.73. The minimum absolute atomic E-state index is 0.134. The Morgan fingerprint density at radius 1 is 1.42 bits per heavy atom. The number of hydrogen-bond acceptors (Lipinski definition) is 4. The van der Waals surface area contributed by atoms with E-state index in [2.05, 4.69) is 9.97 Å². The number of imidazole rings is 1. The first-order chi connectivity index (χ1) is 9.24. The number of nitrogens with two attached hydrogens (primary N) is 1. The molecule has 0 bridgehead atoms. The van der Waals surface area contributed by atoms with Crippen molar-refractivity contribution in [3.05, 3.63) is 42.7 Å². The van der Waals surface area contributed by atoms with Crippen LogP contribution in [0.3, 0.4) is 0 Å². The van der Waals surface area contributed by atoms with Gasteiger partial charge < -0.3 is 15.0 Å². The van der Waals surface area contributed by atoms with Gasteiger partial charge in [-0.2, -0.15) is 0 Å². The minimum atomic E-state index is 0.134. The van der Waals surface area contributed by atoms with Gasteiger partial charge in [0.2, 0.25) is 0 Å². The van der Waals surface area contributed by atoms with E-state index in [1.165, 1.54) is 0 Å². The minimum Gasteiger partial charge on any atom is -0.492 e. The van der Waals surface area contributed by atoms with Crippen molar-refractivity contribution in [1.82, 2.24) is 14.5 Å². The zero-order valence-electron chi connectivity index (χ0n) is 11.2. The molecule has 5 nitrogen and oxygen atoms in total. The van der Waals surface area contributed by atoms with Crippen LogP contribution in [-0.4, -0.2) is 27.2 Å². The Morgan fingerprint density at radius 2 is 2.32 bits per heavy atom. The van der Waals surface area contributed by atoms with E-state index in [1.54, 1.807) is 12.4 Å². The van der Waals surface area contributed by atoms with Gasteiger partial charge in [0, 0.05) is 37.1 Å². The van der Waals surface area contributed by atoms with Gasteiger partial charge in [-0.25, -0.2) is 4.98 Å². The van der Waals surface area contributed by atoms with Crippen molar-refractivity contribution in [1.29, 1.82) is 0 Å². The highest BCUT2D eigenvalue weighted by Crippen LogP contribution is 2.10. The van der Waals surface area contributed by atoms with Gasteiger partial charge in [0.1, 0.15) is 5.75 Å². The molecule has 19 heavy (non-hydrogen) atoms. The normalized spacial score (nSPS) is 12.3. The first kappa shape index (κ1) is 13.5. The predicted octanol–water partition coefficient (Wildman–Crippen LogP) is 1.64. The van der Waals surface area contributed by atoms with Crippen LogP contribution in [0.1, 0.15) is 19.0 Å². The van der Waals surface area contributed by atoms with Crippen molar-refractivity contribution < 1.29 is 4.74 Å². The number of nitrogens with zero attached hydrogens (tertiary/aromatic N) is 3. The summed E-state index contributed by atoms with van der Waals surface area (Å²) in [4.78, 5) is 8.32. The number of rotatable bonds is 7. The molecule has 5 heteroatoms. The van der Waals surface area contributed by atoms with E-state index in [0.717, 1.165) is 30.8 Å². The number of pyridine rings is 1. The topological polar surface area (TPSA) is 66.0 Å². The molecular formula is C14H20N4O. The standard InChI is InChI=1S/C14H20N4O/c1-12(15)9-13-3-4-14(10-17-13)19-8-2-6-18-7-5-16-11-18/h3-5,7,10-12H,2,6,8-9,15H2,1H3. The van der Waals surface area contributed by atoms with E-state index in [0.29, 0.717) is 6.61 Å². The lowest BCUT2D eigenvalue weighted by Gasteiger charge is -2.08. The molecule has 102 valence electrons. The highest BCUT2D eigenvalue weighted by Gasteiger charge is 2.00. The van der Waals surface area contributed by atoms with Crippen molar-refractivity contribution in [2.24, 2.45) is 5.73 Å². The second-order valence-corrected chi connectivity index (χ2v) is 4.67. The molecule has 2 heterocycles. The Balaban J connectivity index is 1.71. The summed E-state index contributed by atoms with van der Waals surface area (Å²) in [5, 5.41) is 0. The first-order valence-corrected chi connectivity index (χ1v) is 6.53. The molecular weight excluding hydrogens is 240 g/mol. The average Bonchev–Trinajstić information content (AvgIpc) is 2.89. The van der Waals surface area contributed by atoms with Crippen LogP contribution < -0.4 is 10.5 Å². The SMILES string of the molecule is CC(N)Cc1ccc(OCCCn2ccnc2)cn1. The van der Waals surface area contributed by atoms with E-state index in [9.17, 15) is 0 Å². The van der Waals surface area contributed by atoms with Gasteiger partial charge in [-0.05, 0) is 25.5 Å². The van der Waals surface area contributed by atoms with Gasteiger partial charge in [-0.15, -0.1) is 0 Å². The monoisotopic (exact) mass is 260 g/mol. The van der Waals surface area contributed by atoms with Crippen molar-refractivity contribution in [3.8, 4) is 5.75 Å².